The molecule has 1 heterocycles. The summed E-state index contributed by atoms with van der Waals surface area (Å²) in [5.74, 6) is 0.732. The molecule has 2 rings (SSSR count). The van der Waals surface area contributed by atoms with Gasteiger partial charge in [0.05, 0.1) is 0 Å². The molecule has 6 heteroatoms. The van der Waals surface area contributed by atoms with Crippen LogP contribution in [0.25, 0.3) is 0 Å². The maximum absolute atomic E-state index is 5.92. The molecule has 1 atom stereocenters. The molecule has 1 aromatic rings. The molecule has 0 spiro atoms. The van der Waals surface area contributed by atoms with Gasteiger partial charge in [0.1, 0.15) is 12.4 Å². The Hall–Kier alpha value is -0.190. The topological polar surface area (TPSA) is 24.5 Å². The molecular formula is C13H19Cl3N2O. The monoisotopic (exact) mass is 324 g/mol. The SMILES string of the molecule is C[C@@H]1CNCCN1CCOc1cc(Cl)cc(Cl)c1.Cl. The molecule has 1 fully saturated rings. The van der Waals surface area contributed by atoms with Gasteiger partial charge in [-0.2, -0.15) is 0 Å². The van der Waals surface area contributed by atoms with Crippen LogP contribution < -0.4 is 10.1 Å². The first-order valence-electron chi connectivity index (χ1n) is 6.19. The largest absolute Gasteiger partial charge is 0.492 e. The summed E-state index contributed by atoms with van der Waals surface area (Å²) >= 11 is 11.8. The highest BCUT2D eigenvalue weighted by Gasteiger charge is 2.17. The van der Waals surface area contributed by atoms with E-state index in [4.69, 9.17) is 27.9 Å². The third-order valence-electron chi connectivity index (χ3n) is 3.12. The van der Waals surface area contributed by atoms with E-state index in [1.54, 1.807) is 18.2 Å². The molecule has 1 aromatic carbocycles. The Bertz CT molecular complexity index is 383. The van der Waals surface area contributed by atoms with Crippen molar-refractivity contribution in [1.29, 1.82) is 0 Å². The first kappa shape index (κ1) is 16.9. The van der Waals surface area contributed by atoms with Gasteiger partial charge in [0.2, 0.25) is 0 Å². The molecule has 0 aromatic heterocycles. The number of nitrogens with zero attached hydrogens (tertiary/aromatic N) is 1. The van der Waals surface area contributed by atoms with E-state index in [2.05, 4.69) is 17.1 Å². The molecule has 1 aliphatic rings. The van der Waals surface area contributed by atoms with E-state index in [1.165, 1.54) is 0 Å². The lowest BCUT2D eigenvalue weighted by Crippen LogP contribution is -2.50. The van der Waals surface area contributed by atoms with E-state index in [-0.39, 0.29) is 12.4 Å². The number of hydrogen-bond donors (Lipinski definition) is 1. The lowest BCUT2D eigenvalue weighted by Gasteiger charge is -2.33. The molecule has 0 aliphatic carbocycles. The van der Waals surface area contributed by atoms with Gasteiger partial charge < -0.3 is 10.1 Å². The van der Waals surface area contributed by atoms with Crippen LogP contribution in [0.5, 0.6) is 5.75 Å². The van der Waals surface area contributed by atoms with Crippen LogP contribution in [0, 0.1) is 0 Å². The van der Waals surface area contributed by atoms with Gasteiger partial charge in [0.15, 0.2) is 0 Å². The molecule has 0 bridgehead atoms. The van der Waals surface area contributed by atoms with E-state index in [1.807, 2.05) is 0 Å². The minimum atomic E-state index is 0. The molecule has 0 unspecified atom stereocenters. The molecule has 3 nitrogen and oxygen atoms in total. The average Bonchev–Trinajstić information content (AvgIpc) is 2.30. The van der Waals surface area contributed by atoms with Gasteiger partial charge in [0.25, 0.3) is 0 Å². The summed E-state index contributed by atoms with van der Waals surface area (Å²) in [5, 5.41) is 4.58. The minimum Gasteiger partial charge on any atom is -0.492 e. The highest BCUT2D eigenvalue weighted by atomic mass is 35.5. The molecule has 19 heavy (non-hydrogen) atoms. The zero-order chi connectivity index (χ0) is 13.0. The predicted molar refractivity (Wildman–Crippen MR) is 83.1 cm³/mol. The maximum atomic E-state index is 5.92. The summed E-state index contributed by atoms with van der Waals surface area (Å²) in [6, 6.07) is 5.84. The number of ether oxygens (including phenoxy) is 1. The fraction of sp³-hybridized carbons (Fsp3) is 0.538. The standard InChI is InChI=1S/C13H18Cl2N2O.ClH/c1-10-9-16-2-3-17(10)4-5-18-13-7-11(14)6-12(15)8-13;/h6-8,10,16H,2-5,9H2,1H3;1H/t10-;/m1./s1. The first-order chi connectivity index (χ1) is 8.65. The van der Waals surface area contributed by atoms with Gasteiger partial charge in [-0.15, -0.1) is 12.4 Å². The Labute approximate surface area is 130 Å². The van der Waals surface area contributed by atoms with Gasteiger partial charge in [-0.25, -0.2) is 0 Å². The third kappa shape index (κ3) is 5.36. The van der Waals surface area contributed by atoms with Crippen LogP contribution in [0.3, 0.4) is 0 Å². The summed E-state index contributed by atoms with van der Waals surface area (Å²) in [4.78, 5) is 2.42. The second kappa shape index (κ2) is 8.18. The van der Waals surface area contributed by atoms with Crippen molar-refractivity contribution in [1.82, 2.24) is 10.2 Å². The van der Waals surface area contributed by atoms with E-state index < -0.39 is 0 Å². The molecule has 1 saturated heterocycles. The van der Waals surface area contributed by atoms with Gasteiger partial charge in [-0.1, -0.05) is 23.2 Å². The van der Waals surface area contributed by atoms with Crippen LogP contribution in [0.4, 0.5) is 0 Å². The zero-order valence-electron chi connectivity index (χ0n) is 10.9. The number of rotatable bonds is 4. The number of hydrogen-bond acceptors (Lipinski definition) is 3. The van der Waals surface area contributed by atoms with Crippen molar-refractivity contribution in [2.75, 3.05) is 32.8 Å². The van der Waals surface area contributed by atoms with E-state index in [0.29, 0.717) is 22.7 Å². The molecule has 1 N–H and O–H groups in total. The molecule has 0 amide bonds. The van der Waals surface area contributed by atoms with Crippen LogP contribution in [0.1, 0.15) is 6.92 Å². The van der Waals surface area contributed by atoms with Crippen LogP contribution in [-0.4, -0.2) is 43.7 Å². The van der Waals surface area contributed by atoms with E-state index in [9.17, 15) is 0 Å². The van der Waals surface area contributed by atoms with Crippen LogP contribution >= 0.6 is 35.6 Å². The van der Waals surface area contributed by atoms with Crippen molar-refractivity contribution in [3.63, 3.8) is 0 Å². The van der Waals surface area contributed by atoms with E-state index >= 15 is 0 Å². The van der Waals surface area contributed by atoms with Crippen molar-refractivity contribution >= 4 is 35.6 Å². The van der Waals surface area contributed by atoms with Crippen LogP contribution in [0.15, 0.2) is 18.2 Å². The average molecular weight is 326 g/mol. The van der Waals surface area contributed by atoms with E-state index in [0.717, 1.165) is 31.9 Å². The predicted octanol–water partition coefficient (Wildman–Crippen LogP) is 3.09. The van der Waals surface area contributed by atoms with Crippen LogP contribution in [0.2, 0.25) is 10.0 Å². The fourth-order valence-electron chi connectivity index (χ4n) is 2.11. The lowest BCUT2D eigenvalue weighted by molar-refractivity contribution is 0.143. The minimum absolute atomic E-state index is 0. The van der Waals surface area contributed by atoms with Gasteiger partial charge in [0, 0.05) is 42.3 Å². The van der Waals surface area contributed by atoms with Crippen LogP contribution in [-0.2, 0) is 0 Å². The summed E-state index contributed by atoms with van der Waals surface area (Å²) in [5.41, 5.74) is 0. The molecule has 1 aliphatic heterocycles. The Morgan fingerprint density at radius 1 is 1.32 bits per heavy atom. The van der Waals surface area contributed by atoms with Gasteiger partial charge >= 0.3 is 0 Å². The summed E-state index contributed by atoms with van der Waals surface area (Å²) in [6.45, 7) is 6.97. The second-order valence-electron chi connectivity index (χ2n) is 4.54. The third-order valence-corrected chi connectivity index (χ3v) is 3.56. The molecule has 0 saturated carbocycles. The van der Waals surface area contributed by atoms with Gasteiger partial charge in [-0.05, 0) is 25.1 Å². The Kier molecular flexibility index (Phi) is 7.26. The summed E-state index contributed by atoms with van der Waals surface area (Å²) in [6.07, 6.45) is 0. The Morgan fingerprint density at radius 3 is 2.63 bits per heavy atom. The van der Waals surface area contributed by atoms with Crippen molar-refractivity contribution < 1.29 is 4.74 Å². The van der Waals surface area contributed by atoms with Crippen molar-refractivity contribution in [3.05, 3.63) is 28.2 Å². The fourth-order valence-corrected chi connectivity index (χ4v) is 2.61. The Balaban J connectivity index is 0.00000180. The smallest absolute Gasteiger partial charge is 0.122 e. The second-order valence-corrected chi connectivity index (χ2v) is 5.42. The number of benzene rings is 1. The molecule has 108 valence electrons. The number of halogens is 3. The van der Waals surface area contributed by atoms with Crippen molar-refractivity contribution in [2.24, 2.45) is 0 Å². The van der Waals surface area contributed by atoms with Crippen molar-refractivity contribution in [3.8, 4) is 5.75 Å². The Morgan fingerprint density at radius 2 is 2.00 bits per heavy atom. The summed E-state index contributed by atoms with van der Waals surface area (Å²) < 4.78 is 5.69. The normalized spacial score (nSPS) is 19.8. The molecule has 0 radical (unpaired) electrons. The summed E-state index contributed by atoms with van der Waals surface area (Å²) in [7, 11) is 0. The number of nitrogens with one attached hydrogen (secondary N) is 1. The number of piperazine rings is 1. The highest BCUT2D eigenvalue weighted by molar-refractivity contribution is 6.34. The quantitative estimate of drug-likeness (QED) is 0.920. The van der Waals surface area contributed by atoms with Crippen molar-refractivity contribution in [2.45, 2.75) is 13.0 Å². The maximum Gasteiger partial charge on any atom is 0.122 e. The van der Waals surface area contributed by atoms with Gasteiger partial charge in [-0.3, -0.25) is 4.90 Å². The molecular weight excluding hydrogens is 307 g/mol. The first-order valence-corrected chi connectivity index (χ1v) is 6.94. The highest BCUT2D eigenvalue weighted by Crippen LogP contribution is 2.24. The lowest BCUT2D eigenvalue weighted by atomic mass is 10.2. The zero-order valence-corrected chi connectivity index (χ0v) is 13.2.